The molecule has 2 aromatic heterocycles. The Labute approximate surface area is 215 Å². The average molecular weight is 524 g/mol. The molecule has 0 saturated carbocycles. The van der Waals surface area contributed by atoms with Crippen molar-refractivity contribution in [3.8, 4) is 0 Å². The molecule has 0 aliphatic carbocycles. The Morgan fingerprint density at radius 2 is 1.81 bits per heavy atom. The highest BCUT2D eigenvalue weighted by Gasteiger charge is 2.35. The number of hydrogen-bond donors (Lipinski definition) is 2. The van der Waals surface area contributed by atoms with Gasteiger partial charge in [-0.05, 0) is 43.0 Å². The summed E-state index contributed by atoms with van der Waals surface area (Å²) in [6, 6.07) is 13.6. The predicted octanol–water partition coefficient (Wildman–Crippen LogP) is 1.92. The molecule has 2 N–H and O–H groups in total. The van der Waals surface area contributed by atoms with E-state index in [0.717, 1.165) is 9.69 Å². The number of carbonyl (C=O) groups is 3. The minimum atomic E-state index is -3.94. The lowest BCUT2D eigenvalue weighted by atomic mass is 10.0. The van der Waals surface area contributed by atoms with Crippen LogP contribution >= 0.6 is 0 Å². The average Bonchev–Trinajstić information content (AvgIpc) is 3.08. The zero-order chi connectivity index (χ0) is 26.6. The van der Waals surface area contributed by atoms with E-state index in [1.54, 1.807) is 44.2 Å². The second kappa shape index (κ2) is 11.1. The van der Waals surface area contributed by atoms with Crippen molar-refractivity contribution in [2.45, 2.75) is 43.8 Å². The van der Waals surface area contributed by atoms with Crippen LogP contribution in [0, 0.1) is 5.92 Å². The Morgan fingerprint density at radius 3 is 2.54 bits per heavy atom. The fourth-order valence-corrected chi connectivity index (χ4v) is 5.57. The van der Waals surface area contributed by atoms with E-state index in [4.69, 9.17) is 0 Å². The number of Topliss-reactive ketones (excluding diaryl/α,β-unsaturated/α-hetero) is 1. The monoisotopic (exact) mass is 523 g/mol. The minimum absolute atomic E-state index is 0.129. The molecule has 3 aromatic rings. The molecule has 1 aliphatic heterocycles. The van der Waals surface area contributed by atoms with Crippen molar-refractivity contribution in [3.05, 3.63) is 66.5 Å². The van der Waals surface area contributed by atoms with E-state index in [-0.39, 0.29) is 36.1 Å². The van der Waals surface area contributed by atoms with Crippen LogP contribution in [0.25, 0.3) is 10.9 Å². The molecule has 1 saturated heterocycles. The van der Waals surface area contributed by atoms with Gasteiger partial charge < -0.3 is 10.6 Å². The van der Waals surface area contributed by atoms with Crippen LogP contribution in [0.5, 0.6) is 0 Å². The number of ketones is 1. The normalized spacial score (nSPS) is 17.8. The van der Waals surface area contributed by atoms with E-state index < -0.39 is 39.7 Å². The van der Waals surface area contributed by atoms with Crippen molar-refractivity contribution in [1.82, 2.24) is 24.9 Å². The van der Waals surface area contributed by atoms with Crippen molar-refractivity contribution in [2.24, 2.45) is 5.92 Å². The van der Waals surface area contributed by atoms with Gasteiger partial charge >= 0.3 is 0 Å². The summed E-state index contributed by atoms with van der Waals surface area (Å²) >= 11 is 0. The van der Waals surface area contributed by atoms with Crippen molar-refractivity contribution < 1.29 is 22.8 Å². The van der Waals surface area contributed by atoms with E-state index in [9.17, 15) is 22.8 Å². The maximum Gasteiger partial charge on any atom is 0.270 e. The van der Waals surface area contributed by atoms with Gasteiger partial charge in [-0.2, -0.15) is 4.31 Å². The van der Waals surface area contributed by atoms with Crippen molar-refractivity contribution in [1.29, 1.82) is 0 Å². The van der Waals surface area contributed by atoms with Gasteiger partial charge in [-0.1, -0.05) is 44.2 Å². The van der Waals surface area contributed by atoms with Crippen LogP contribution in [0.15, 0.2) is 65.8 Å². The molecule has 0 bridgehead atoms. The van der Waals surface area contributed by atoms with Crippen LogP contribution in [0.2, 0.25) is 0 Å². The maximum atomic E-state index is 13.1. The summed E-state index contributed by atoms with van der Waals surface area (Å²) in [7, 11) is -3.94. The van der Waals surface area contributed by atoms with Crippen molar-refractivity contribution >= 4 is 38.5 Å². The van der Waals surface area contributed by atoms with E-state index >= 15 is 0 Å². The van der Waals surface area contributed by atoms with Crippen LogP contribution in [0.3, 0.4) is 0 Å². The van der Waals surface area contributed by atoms with Gasteiger partial charge in [-0.15, -0.1) is 0 Å². The summed E-state index contributed by atoms with van der Waals surface area (Å²) in [5.74, 6) is -1.70. The van der Waals surface area contributed by atoms with E-state index in [1.807, 2.05) is 18.2 Å². The van der Waals surface area contributed by atoms with E-state index in [0.29, 0.717) is 11.9 Å². The Morgan fingerprint density at radius 1 is 1.05 bits per heavy atom. The van der Waals surface area contributed by atoms with Gasteiger partial charge in [0.1, 0.15) is 11.7 Å². The van der Waals surface area contributed by atoms with Gasteiger partial charge in [0, 0.05) is 18.1 Å². The molecule has 0 spiro atoms. The third kappa shape index (κ3) is 6.00. The zero-order valence-corrected chi connectivity index (χ0v) is 21.4. The molecule has 2 unspecified atom stereocenters. The lowest BCUT2D eigenvalue weighted by Crippen LogP contribution is -2.54. The number of carbonyl (C=O) groups excluding carboxylic acids is 3. The number of hydrogen-bond acceptors (Lipinski definition) is 7. The first-order chi connectivity index (χ1) is 17.7. The van der Waals surface area contributed by atoms with Crippen LogP contribution in [0.4, 0.5) is 0 Å². The Kier molecular flexibility index (Phi) is 7.94. The molecule has 1 aliphatic rings. The Hall–Kier alpha value is -3.70. The Balaban J connectivity index is 1.43. The molecule has 4 rings (SSSR count). The smallest absolute Gasteiger partial charge is 0.270 e. The maximum absolute atomic E-state index is 13.1. The zero-order valence-electron chi connectivity index (χ0n) is 20.6. The number of pyridine rings is 2. The number of nitrogens with zero attached hydrogens (tertiary/aromatic N) is 3. The predicted molar refractivity (Wildman–Crippen MR) is 137 cm³/mol. The summed E-state index contributed by atoms with van der Waals surface area (Å²) in [4.78, 5) is 47.3. The lowest BCUT2D eigenvalue weighted by Gasteiger charge is -2.24. The molecule has 0 radical (unpaired) electrons. The van der Waals surface area contributed by atoms with Gasteiger partial charge in [0.15, 0.2) is 10.8 Å². The fraction of sp³-hybridized carbons (Fsp3) is 0.346. The second-order valence-electron chi connectivity index (χ2n) is 9.26. The molecule has 11 heteroatoms. The first-order valence-electron chi connectivity index (χ1n) is 12.1. The molecule has 10 nitrogen and oxygen atoms in total. The third-order valence-corrected chi connectivity index (χ3v) is 8.01. The molecule has 1 aromatic carbocycles. The van der Waals surface area contributed by atoms with Crippen molar-refractivity contribution in [2.75, 3.05) is 13.1 Å². The molecule has 2 atom stereocenters. The van der Waals surface area contributed by atoms with Crippen LogP contribution in [-0.4, -0.2) is 65.5 Å². The highest BCUT2D eigenvalue weighted by Crippen LogP contribution is 2.18. The molecular weight excluding hydrogens is 494 g/mol. The number of fused-ring (bicyclic) bond motifs is 1. The summed E-state index contributed by atoms with van der Waals surface area (Å²) < 4.78 is 26.9. The summed E-state index contributed by atoms with van der Waals surface area (Å²) in [6.07, 6.45) is 2.04. The van der Waals surface area contributed by atoms with Gasteiger partial charge in [0.25, 0.3) is 15.9 Å². The third-order valence-electron chi connectivity index (χ3n) is 6.25. The molecule has 194 valence electrons. The number of aromatic nitrogens is 2. The minimum Gasteiger partial charge on any atom is -0.344 e. The number of benzene rings is 1. The Bertz CT molecular complexity index is 1410. The summed E-state index contributed by atoms with van der Waals surface area (Å²) in [6.45, 7) is 3.33. The highest BCUT2D eigenvalue weighted by atomic mass is 32.2. The summed E-state index contributed by atoms with van der Waals surface area (Å²) in [5, 5.41) is 6.22. The molecule has 1 fully saturated rings. The van der Waals surface area contributed by atoms with Crippen molar-refractivity contribution in [3.63, 3.8) is 0 Å². The van der Waals surface area contributed by atoms with Crippen LogP contribution in [0.1, 0.15) is 37.2 Å². The van der Waals surface area contributed by atoms with E-state index in [2.05, 4.69) is 20.6 Å². The molecule has 3 heterocycles. The van der Waals surface area contributed by atoms with Crippen LogP contribution in [-0.2, 0) is 19.6 Å². The molecular formula is C26H29N5O5S. The highest BCUT2D eigenvalue weighted by molar-refractivity contribution is 7.89. The molecule has 37 heavy (non-hydrogen) atoms. The topological polar surface area (TPSA) is 138 Å². The number of rotatable bonds is 7. The fourth-order valence-electron chi connectivity index (χ4n) is 4.19. The summed E-state index contributed by atoms with van der Waals surface area (Å²) in [5.41, 5.74) is 0.841. The number of para-hydroxylation sites is 1. The van der Waals surface area contributed by atoms with E-state index in [1.165, 1.54) is 12.3 Å². The number of nitrogens with one attached hydrogen (secondary N) is 2. The SMILES string of the molecule is CC(C)C(NC(=O)c1ccc2ccccc2n1)C(=O)NC1CCCN(S(=O)(=O)c2ccccn2)CC1=O. The number of sulfonamides is 1. The van der Waals surface area contributed by atoms with Gasteiger partial charge in [-0.3, -0.25) is 14.4 Å². The van der Waals surface area contributed by atoms with Gasteiger partial charge in [-0.25, -0.2) is 18.4 Å². The quantitative estimate of drug-likeness (QED) is 0.482. The van der Waals surface area contributed by atoms with Gasteiger partial charge in [0.2, 0.25) is 5.91 Å². The lowest BCUT2D eigenvalue weighted by molar-refractivity contribution is -0.129. The first-order valence-corrected chi connectivity index (χ1v) is 13.5. The second-order valence-corrected chi connectivity index (χ2v) is 11.1. The largest absolute Gasteiger partial charge is 0.344 e. The van der Waals surface area contributed by atoms with Gasteiger partial charge in [0.05, 0.1) is 18.1 Å². The first kappa shape index (κ1) is 26.4. The molecule has 2 amide bonds. The standard InChI is InChI=1S/C26H29N5O5S/c1-17(2)24(30-25(33)21-13-12-18-8-3-4-9-19(18)28-21)26(34)29-20-10-7-15-31(16-22(20)32)37(35,36)23-11-5-6-14-27-23/h3-6,8-9,11-14,17,20,24H,7,10,15-16H2,1-2H3,(H,29,34)(H,30,33). The van der Waals surface area contributed by atoms with Crippen LogP contribution < -0.4 is 10.6 Å². The number of amides is 2.